The van der Waals surface area contributed by atoms with Crippen LogP contribution in [0.2, 0.25) is 0 Å². The van der Waals surface area contributed by atoms with Crippen LogP contribution in [0.1, 0.15) is 29.2 Å². The van der Waals surface area contributed by atoms with E-state index in [1.54, 1.807) is 17.0 Å². The highest BCUT2D eigenvalue weighted by Crippen LogP contribution is 2.25. The number of hydrogen-bond acceptors (Lipinski definition) is 4. The van der Waals surface area contributed by atoms with Crippen molar-refractivity contribution in [3.63, 3.8) is 0 Å². The Balaban J connectivity index is 1.69. The molecule has 0 saturated heterocycles. The van der Waals surface area contributed by atoms with Crippen molar-refractivity contribution in [1.29, 1.82) is 0 Å². The molecule has 0 spiro atoms. The summed E-state index contributed by atoms with van der Waals surface area (Å²) in [4.78, 5) is 24.4. The van der Waals surface area contributed by atoms with Gasteiger partial charge in [-0.15, -0.1) is 0 Å². The van der Waals surface area contributed by atoms with Crippen molar-refractivity contribution in [2.45, 2.75) is 25.5 Å². The van der Waals surface area contributed by atoms with Gasteiger partial charge in [-0.3, -0.25) is 14.9 Å². The molecule has 25 heavy (non-hydrogen) atoms. The zero-order valence-corrected chi connectivity index (χ0v) is 13.4. The molecule has 0 aromatic heterocycles. The predicted molar refractivity (Wildman–Crippen MR) is 88.2 cm³/mol. The normalized spacial score (nSPS) is 14.7. The number of nitro groups is 1. The lowest BCUT2D eigenvalue weighted by Gasteiger charge is -2.29. The van der Waals surface area contributed by atoms with Crippen LogP contribution in [0.5, 0.6) is 0 Å². The molecule has 1 N–H and O–H groups in total. The van der Waals surface area contributed by atoms with Gasteiger partial charge in [0.1, 0.15) is 5.82 Å². The van der Waals surface area contributed by atoms with Crippen molar-refractivity contribution >= 4 is 11.6 Å². The second-order valence-electron chi connectivity index (χ2n) is 6.05. The Morgan fingerprint density at radius 1 is 1.28 bits per heavy atom. The van der Waals surface area contributed by atoms with Crippen LogP contribution in [0, 0.1) is 15.9 Å². The first-order chi connectivity index (χ1) is 11.9. The van der Waals surface area contributed by atoms with E-state index in [1.807, 2.05) is 0 Å². The topological polar surface area (TPSA) is 83.7 Å². The third-order valence-corrected chi connectivity index (χ3v) is 4.37. The zero-order chi connectivity index (χ0) is 18.0. The Labute approximate surface area is 143 Å². The largest absolute Gasteiger partial charge is 0.388 e. The van der Waals surface area contributed by atoms with E-state index in [4.69, 9.17) is 0 Å². The maximum absolute atomic E-state index is 13.2. The van der Waals surface area contributed by atoms with E-state index in [1.165, 1.54) is 30.3 Å². The summed E-state index contributed by atoms with van der Waals surface area (Å²) in [5, 5.41) is 21.0. The number of nitro benzene ring substituents is 1. The summed E-state index contributed by atoms with van der Waals surface area (Å²) < 4.78 is 13.2. The minimum Gasteiger partial charge on any atom is -0.388 e. The molecule has 0 saturated carbocycles. The second-order valence-corrected chi connectivity index (χ2v) is 6.05. The summed E-state index contributed by atoms with van der Waals surface area (Å²) in [5.74, 6) is -0.739. The van der Waals surface area contributed by atoms with Crippen molar-refractivity contribution in [2.24, 2.45) is 0 Å². The molecule has 3 rings (SSSR count). The fraction of sp³-hybridized carbons (Fsp3) is 0.278. The van der Waals surface area contributed by atoms with Crippen LogP contribution in [0.25, 0.3) is 0 Å². The van der Waals surface area contributed by atoms with E-state index in [-0.39, 0.29) is 24.6 Å². The monoisotopic (exact) mass is 344 g/mol. The zero-order valence-electron chi connectivity index (χ0n) is 13.4. The van der Waals surface area contributed by atoms with E-state index in [9.17, 15) is 24.4 Å². The number of halogens is 1. The summed E-state index contributed by atoms with van der Waals surface area (Å²) in [6.45, 7) is 0.755. The molecular weight excluding hydrogens is 327 g/mol. The van der Waals surface area contributed by atoms with Gasteiger partial charge in [-0.1, -0.05) is 18.2 Å². The van der Waals surface area contributed by atoms with Crippen molar-refractivity contribution in [3.05, 3.63) is 75.1 Å². The highest BCUT2D eigenvalue weighted by atomic mass is 19.1. The number of carbonyl (C=O) groups is 1. The number of amides is 1. The van der Waals surface area contributed by atoms with Crippen LogP contribution in [-0.2, 0) is 17.8 Å². The highest BCUT2D eigenvalue weighted by Gasteiger charge is 2.24. The molecule has 0 radical (unpaired) electrons. The number of rotatable bonds is 4. The average Bonchev–Trinajstić information content (AvgIpc) is 2.60. The second kappa shape index (κ2) is 6.98. The van der Waals surface area contributed by atoms with Gasteiger partial charge in [0.15, 0.2) is 0 Å². The van der Waals surface area contributed by atoms with Crippen LogP contribution in [-0.4, -0.2) is 27.4 Å². The van der Waals surface area contributed by atoms with Gasteiger partial charge in [-0.05, 0) is 35.2 Å². The number of hydrogen-bond donors (Lipinski definition) is 1. The molecule has 7 heteroatoms. The van der Waals surface area contributed by atoms with Crippen LogP contribution >= 0.6 is 0 Å². The lowest BCUT2D eigenvalue weighted by atomic mass is 9.98. The maximum atomic E-state index is 13.2. The molecule has 1 atom stereocenters. The molecule has 2 aromatic rings. The molecule has 1 heterocycles. The fourth-order valence-corrected chi connectivity index (χ4v) is 3.00. The van der Waals surface area contributed by atoms with Crippen molar-refractivity contribution in [1.82, 2.24) is 4.90 Å². The molecule has 1 aliphatic heterocycles. The number of fused-ring (bicyclic) bond motifs is 1. The molecule has 1 amide bonds. The first-order valence-electron chi connectivity index (χ1n) is 7.91. The Bertz CT molecular complexity index is 824. The quantitative estimate of drug-likeness (QED) is 0.683. The molecule has 0 fully saturated rings. The van der Waals surface area contributed by atoms with Gasteiger partial charge < -0.3 is 10.0 Å². The van der Waals surface area contributed by atoms with Gasteiger partial charge in [0.2, 0.25) is 5.91 Å². The summed E-state index contributed by atoms with van der Waals surface area (Å²) in [6.07, 6.45) is -0.641. The summed E-state index contributed by atoms with van der Waals surface area (Å²) in [5.41, 5.74) is 2.07. The first-order valence-corrected chi connectivity index (χ1v) is 7.91. The van der Waals surface area contributed by atoms with E-state index in [0.29, 0.717) is 18.5 Å². The summed E-state index contributed by atoms with van der Waals surface area (Å²) in [6, 6.07) is 10.2. The number of carbonyl (C=O) groups excluding carboxylic acids is 1. The summed E-state index contributed by atoms with van der Waals surface area (Å²) in [7, 11) is 0. The average molecular weight is 344 g/mol. The molecular formula is C18H17FN2O4. The van der Waals surface area contributed by atoms with Gasteiger partial charge in [0.05, 0.1) is 17.4 Å². The predicted octanol–water partition coefficient (Wildman–Crippen LogP) is 2.74. The number of aliphatic hydroxyl groups excluding tert-OH is 1. The SMILES string of the molecule is O=C(C[C@@H](O)c1cccc(F)c1)N1CCc2ccc([N+](=O)[O-])cc2C1. The Morgan fingerprint density at radius 2 is 2.08 bits per heavy atom. The van der Waals surface area contributed by atoms with Crippen LogP contribution in [0.3, 0.4) is 0 Å². The van der Waals surface area contributed by atoms with Gasteiger partial charge in [0.25, 0.3) is 5.69 Å². The Kier molecular flexibility index (Phi) is 4.76. The van der Waals surface area contributed by atoms with Gasteiger partial charge >= 0.3 is 0 Å². The lowest BCUT2D eigenvalue weighted by molar-refractivity contribution is -0.385. The first kappa shape index (κ1) is 17.0. The Morgan fingerprint density at radius 3 is 2.80 bits per heavy atom. The number of nitrogens with zero attached hydrogens (tertiary/aromatic N) is 2. The molecule has 0 bridgehead atoms. The van der Waals surface area contributed by atoms with Crippen molar-refractivity contribution in [3.8, 4) is 0 Å². The standard InChI is InChI=1S/C18H17FN2O4/c19-15-3-1-2-13(8-15)17(22)10-18(23)20-7-6-12-4-5-16(21(24)25)9-14(12)11-20/h1-5,8-9,17,22H,6-7,10-11H2/t17-/m1/s1. The van der Waals surface area contributed by atoms with E-state index in [0.717, 1.165) is 11.1 Å². The van der Waals surface area contributed by atoms with Gasteiger partial charge in [0, 0.05) is 25.2 Å². The molecule has 1 aliphatic rings. The van der Waals surface area contributed by atoms with E-state index < -0.39 is 16.8 Å². The molecule has 0 aliphatic carbocycles. The van der Waals surface area contributed by atoms with Gasteiger partial charge in [-0.2, -0.15) is 0 Å². The summed E-state index contributed by atoms with van der Waals surface area (Å²) >= 11 is 0. The van der Waals surface area contributed by atoms with Crippen LogP contribution in [0.15, 0.2) is 42.5 Å². The number of aliphatic hydroxyl groups is 1. The number of non-ortho nitro benzene ring substituents is 1. The highest BCUT2D eigenvalue weighted by molar-refractivity contribution is 5.77. The molecule has 2 aromatic carbocycles. The maximum Gasteiger partial charge on any atom is 0.269 e. The van der Waals surface area contributed by atoms with Crippen LogP contribution < -0.4 is 0 Å². The van der Waals surface area contributed by atoms with Crippen LogP contribution in [0.4, 0.5) is 10.1 Å². The third-order valence-electron chi connectivity index (χ3n) is 4.37. The Hall–Kier alpha value is -2.80. The minimum absolute atomic E-state index is 0.00663. The minimum atomic E-state index is -1.09. The molecule has 0 unspecified atom stereocenters. The lowest BCUT2D eigenvalue weighted by Crippen LogP contribution is -2.36. The third kappa shape index (κ3) is 3.83. The van der Waals surface area contributed by atoms with Crippen molar-refractivity contribution in [2.75, 3.05) is 6.54 Å². The van der Waals surface area contributed by atoms with Gasteiger partial charge in [-0.25, -0.2) is 4.39 Å². The smallest absolute Gasteiger partial charge is 0.269 e. The van der Waals surface area contributed by atoms with E-state index >= 15 is 0 Å². The molecule has 6 nitrogen and oxygen atoms in total. The van der Waals surface area contributed by atoms with E-state index in [2.05, 4.69) is 0 Å². The number of benzene rings is 2. The fourth-order valence-electron chi connectivity index (χ4n) is 3.00. The molecule has 130 valence electrons. The van der Waals surface area contributed by atoms with Crippen molar-refractivity contribution < 1.29 is 19.2 Å².